The highest BCUT2D eigenvalue weighted by molar-refractivity contribution is 6.09. The predicted molar refractivity (Wildman–Crippen MR) is 99.7 cm³/mol. The van der Waals surface area contributed by atoms with Crippen molar-refractivity contribution >= 4 is 17.8 Å². The highest BCUT2D eigenvalue weighted by atomic mass is 16.2. The fraction of sp³-hybridized carbons (Fsp3) is 0.857. The van der Waals surface area contributed by atoms with Crippen molar-refractivity contribution in [3.63, 3.8) is 0 Å². The number of rotatable bonds is 3. The van der Waals surface area contributed by atoms with E-state index in [1.165, 1.54) is 19.3 Å². The van der Waals surface area contributed by atoms with Gasteiger partial charge in [-0.2, -0.15) is 0 Å². The molecule has 0 aromatic carbocycles. The molecule has 6 fully saturated rings. The van der Waals surface area contributed by atoms with E-state index < -0.39 is 11.6 Å². The van der Waals surface area contributed by atoms with Gasteiger partial charge >= 0.3 is 6.03 Å². The van der Waals surface area contributed by atoms with E-state index in [-0.39, 0.29) is 29.8 Å². The molecule has 5 aliphatic carbocycles. The molecule has 6 aliphatic rings. The van der Waals surface area contributed by atoms with Crippen LogP contribution in [0.25, 0.3) is 0 Å². The van der Waals surface area contributed by atoms with Crippen LogP contribution in [-0.2, 0) is 9.59 Å². The molecule has 0 unspecified atom stereocenters. The van der Waals surface area contributed by atoms with Gasteiger partial charge in [0, 0.05) is 5.54 Å². The van der Waals surface area contributed by atoms with Crippen LogP contribution in [0.5, 0.6) is 0 Å². The Hall–Kier alpha value is -1.59. The number of urea groups is 1. The average Bonchev–Trinajstić information content (AvgIpc) is 2.81. The molecule has 0 radical (unpaired) electrons. The van der Waals surface area contributed by atoms with Crippen LogP contribution in [0, 0.1) is 23.7 Å². The van der Waals surface area contributed by atoms with Gasteiger partial charge in [-0.15, -0.1) is 0 Å². The second-order valence-corrected chi connectivity index (χ2v) is 10.2. The molecule has 4 amide bonds. The lowest BCUT2D eigenvalue weighted by molar-refractivity contribution is -0.138. The third-order valence-corrected chi connectivity index (χ3v) is 8.25. The van der Waals surface area contributed by atoms with Crippen molar-refractivity contribution in [3.8, 4) is 0 Å². The van der Waals surface area contributed by atoms with Gasteiger partial charge in [-0.05, 0) is 75.0 Å². The Balaban J connectivity index is 1.27. The van der Waals surface area contributed by atoms with Crippen molar-refractivity contribution in [1.82, 2.24) is 15.5 Å². The zero-order chi connectivity index (χ0) is 18.8. The minimum atomic E-state index is -0.781. The lowest BCUT2D eigenvalue weighted by Crippen LogP contribution is -2.61. The Labute approximate surface area is 160 Å². The Morgan fingerprint density at radius 2 is 1.74 bits per heavy atom. The Morgan fingerprint density at radius 3 is 2.33 bits per heavy atom. The summed E-state index contributed by atoms with van der Waals surface area (Å²) in [5.74, 6) is 2.01. The predicted octanol–water partition coefficient (Wildman–Crippen LogP) is 2.57. The summed E-state index contributed by atoms with van der Waals surface area (Å²) in [5.41, 5.74) is -0.864. The van der Waals surface area contributed by atoms with Crippen LogP contribution in [0.4, 0.5) is 4.79 Å². The van der Waals surface area contributed by atoms with E-state index in [9.17, 15) is 14.4 Å². The lowest BCUT2D eigenvalue weighted by Gasteiger charge is -2.56. The van der Waals surface area contributed by atoms with Crippen LogP contribution in [0.2, 0.25) is 0 Å². The number of carbonyl (C=O) groups excluding carboxylic acids is 3. The fourth-order valence-corrected chi connectivity index (χ4v) is 7.38. The van der Waals surface area contributed by atoms with E-state index in [0.29, 0.717) is 6.42 Å². The minimum absolute atomic E-state index is 0.0824. The molecule has 1 aliphatic heterocycles. The second kappa shape index (κ2) is 5.95. The van der Waals surface area contributed by atoms with Crippen LogP contribution < -0.4 is 10.6 Å². The standard InChI is InChI=1S/C21H31N3O3/c1-13-4-2-3-5-21(13)18(26)24(19(27)23-21)12-17(25)22-20-9-14-6-15(10-20)8-16(7-14)11-20/h13-16H,2-12H2,1H3,(H,22,25)(H,23,27)/t13-,14?,15?,16?,20?,21+/m0/s1. The lowest BCUT2D eigenvalue weighted by atomic mass is 9.53. The fourth-order valence-electron chi connectivity index (χ4n) is 7.38. The maximum Gasteiger partial charge on any atom is 0.325 e. The Morgan fingerprint density at radius 1 is 1.11 bits per heavy atom. The quantitative estimate of drug-likeness (QED) is 0.747. The van der Waals surface area contributed by atoms with Crippen molar-refractivity contribution in [2.75, 3.05) is 6.54 Å². The molecule has 6 heteroatoms. The zero-order valence-corrected chi connectivity index (χ0v) is 16.3. The smallest absolute Gasteiger partial charge is 0.325 e. The number of amides is 4. The summed E-state index contributed by atoms with van der Waals surface area (Å²) in [5, 5.41) is 6.22. The van der Waals surface area contributed by atoms with E-state index in [1.807, 2.05) is 6.92 Å². The molecule has 6 rings (SSSR count). The number of hydrogen-bond donors (Lipinski definition) is 2. The molecular weight excluding hydrogens is 342 g/mol. The normalized spacial score (nSPS) is 45.4. The summed E-state index contributed by atoms with van der Waals surface area (Å²) >= 11 is 0. The molecule has 4 bridgehead atoms. The SMILES string of the molecule is C[C@H]1CCCC[C@@]12NC(=O)N(CC(=O)NC13CC4CC(CC(C4)C1)C3)C2=O. The second-order valence-electron chi connectivity index (χ2n) is 10.2. The van der Waals surface area contributed by atoms with Gasteiger partial charge in [0.15, 0.2) is 0 Å². The monoisotopic (exact) mass is 373 g/mol. The van der Waals surface area contributed by atoms with Crippen molar-refractivity contribution in [2.45, 2.75) is 82.2 Å². The van der Waals surface area contributed by atoms with E-state index in [4.69, 9.17) is 0 Å². The van der Waals surface area contributed by atoms with Crippen molar-refractivity contribution in [1.29, 1.82) is 0 Å². The first kappa shape index (κ1) is 17.5. The largest absolute Gasteiger partial charge is 0.349 e. The highest BCUT2D eigenvalue weighted by Gasteiger charge is 2.56. The maximum absolute atomic E-state index is 13.1. The van der Waals surface area contributed by atoms with Crippen molar-refractivity contribution < 1.29 is 14.4 Å². The zero-order valence-electron chi connectivity index (χ0n) is 16.3. The molecule has 0 aromatic heterocycles. The van der Waals surface area contributed by atoms with E-state index in [1.54, 1.807) is 0 Å². The Kier molecular flexibility index (Phi) is 3.86. The van der Waals surface area contributed by atoms with Gasteiger partial charge in [0.25, 0.3) is 5.91 Å². The first-order valence-corrected chi connectivity index (χ1v) is 10.8. The summed E-state index contributed by atoms with van der Waals surface area (Å²) in [6.07, 6.45) is 10.9. The highest BCUT2D eigenvalue weighted by Crippen LogP contribution is 2.55. The molecule has 5 saturated carbocycles. The van der Waals surface area contributed by atoms with E-state index in [0.717, 1.165) is 61.2 Å². The molecular formula is C21H31N3O3. The van der Waals surface area contributed by atoms with Crippen LogP contribution in [0.1, 0.15) is 71.1 Å². The van der Waals surface area contributed by atoms with Gasteiger partial charge in [0.05, 0.1) is 0 Å². The van der Waals surface area contributed by atoms with Crippen LogP contribution in [-0.4, -0.2) is 40.4 Å². The van der Waals surface area contributed by atoms with Gasteiger partial charge < -0.3 is 10.6 Å². The van der Waals surface area contributed by atoms with Gasteiger partial charge in [-0.25, -0.2) is 4.79 Å². The number of nitrogens with zero attached hydrogens (tertiary/aromatic N) is 1. The van der Waals surface area contributed by atoms with Gasteiger partial charge in [0.1, 0.15) is 12.1 Å². The average molecular weight is 373 g/mol. The molecule has 6 nitrogen and oxygen atoms in total. The molecule has 2 atom stereocenters. The number of nitrogens with one attached hydrogen (secondary N) is 2. The number of imide groups is 1. The summed E-state index contributed by atoms with van der Waals surface area (Å²) in [4.78, 5) is 39.6. The minimum Gasteiger partial charge on any atom is -0.349 e. The number of hydrogen-bond acceptors (Lipinski definition) is 3. The van der Waals surface area contributed by atoms with E-state index in [2.05, 4.69) is 10.6 Å². The van der Waals surface area contributed by atoms with Gasteiger partial charge in [0.2, 0.25) is 5.91 Å². The summed E-state index contributed by atoms with van der Waals surface area (Å²) < 4.78 is 0. The topological polar surface area (TPSA) is 78.5 Å². The Bertz CT molecular complexity index is 655. The van der Waals surface area contributed by atoms with Crippen molar-refractivity contribution in [2.24, 2.45) is 23.7 Å². The molecule has 148 valence electrons. The van der Waals surface area contributed by atoms with Crippen LogP contribution >= 0.6 is 0 Å². The summed E-state index contributed by atoms with van der Waals surface area (Å²) in [6.45, 7) is 1.90. The van der Waals surface area contributed by atoms with Crippen LogP contribution in [0.3, 0.4) is 0 Å². The third kappa shape index (κ3) is 2.70. The molecule has 1 spiro atoms. The van der Waals surface area contributed by atoms with Crippen LogP contribution in [0.15, 0.2) is 0 Å². The molecule has 2 N–H and O–H groups in total. The first-order valence-electron chi connectivity index (χ1n) is 10.8. The maximum atomic E-state index is 13.1. The van der Waals surface area contributed by atoms with Gasteiger partial charge in [-0.3, -0.25) is 14.5 Å². The third-order valence-electron chi connectivity index (χ3n) is 8.25. The first-order chi connectivity index (χ1) is 12.9. The number of carbonyl (C=O) groups is 3. The van der Waals surface area contributed by atoms with E-state index >= 15 is 0 Å². The molecule has 1 heterocycles. The molecule has 27 heavy (non-hydrogen) atoms. The molecule has 0 aromatic rings. The van der Waals surface area contributed by atoms with Gasteiger partial charge in [-0.1, -0.05) is 19.8 Å². The molecule has 1 saturated heterocycles. The summed E-state index contributed by atoms with van der Waals surface area (Å²) in [6, 6.07) is -0.394. The van der Waals surface area contributed by atoms with Crippen molar-refractivity contribution in [3.05, 3.63) is 0 Å². The summed E-state index contributed by atoms with van der Waals surface area (Å²) in [7, 11) is 0.